The second-order valence-electron chi connectivity index (χ2n) is 4.90. The van der Waals surface area contributed by atoms with E-state index in [1.54, 1.807) is 0 Å². The Hall–Kier alpha value is -1.51. The normalized spacial score (nSPS) is 16.4. The average molecular weight is 232 g/mol. The van der Waals surface area contributed by atoms with Gasteiger partial charge in [0, 0.05) is 11.7 Å². The molecule has 0 aromatic heterocycles. The zero-order valence-electron chi connectivity index (χ0n) is 10.7. The van der Waals surface area contributed by atoms with Crippen LogP contribution in [0.4, 0.5) is 5.69 Å². The van der Waals surface area contributed by atoms with Gasteiger partial charge in [0.05, 0.1) is 0 Å². The third-order valence-corrected chi connectivity index (χ3v) is 3.29. The van der Waals surface area contributed by atoms with Crippen molar-refractivity contribution in [1.29, 1.82) is 0 Å². The Morgan fingerprint density at radius 3 is 2.71 bits per heavy atom. The van der Waals surface area contributed by atoms with E-state index in [1.807, 2.05) is 19.1 Å². The van der Waals surface area contributed by atoms with Crippen LogP contribution in [0.1, 0.15) is 30.9 Å². The predicted molar refractivity (Wildman–Crippen MR) is 70.2 cm³/mol. The molecule has 1 amide bonds. The molecule has 0 bridgehead atoms. The molecule has 0 aliphatic heterocycles. The number of carbonyl (C=O) groups excluding carboxylic acids is 1. The first-order chi connectivity index (χ1) is 8.08. The van der Waals surface area contributed by atoms with Gasteiger partial charge in [-0.3, -0.25) is 4.79 Å². The monoisotopic (exact) mass is 232 g/mol. The molecule has 1 aromatic rings. The summed E-state index contributed by atoms with van der Waals surface area (Å²) < 4.78 is 0. The van der Waals surface area contributed by atoms with Crippen LogP contribution in [0.5, 0.6) is 0 Å². The second-order valence-corrected chi connectivity index (χ2v) is 4.90. The number of benzene rings is 1. The van der Waals surface area contributed by atoms with E-state index in [0.717, 1.165) is 18.5 Å². The number of carbonyl (C=O) groups is 1. The molecule has 3 nitrogen and oxygen atoms in total. The zero-order valence-corrected chi connectivity index (χ0v) is 10.7. The summed E-state index contributed by atoms with van der Waals surface area (Å²) in [5.41, 5.74) is 3.49. The van der Waals surface area contributed by atoms with Gasteiger partial charge in [-0.2, -0.15) is 0 Å². The first-order valence-electron chi connectivity index (χ1n) is 6.21. The molecule has 2 rings (SSSR count). The molecule has 1 aliphatic rings. The van der Waals surface area contributed by atoms with Crippen LogP contribution in [0, 0.1) is 13.8 Å². The highest BCUT2D eigenvalue weighted by Gasteiger charge is 2.25. The molecule has 1 aliphatic carbocycles. The molecular weight excluding hydrogens is 212 g/mol. The highest BCUT2D eigenvalue weighted by atomic mass is 16.2. The summed E-state index contributed by atoms with van der Waals surface area (Å²) in [5, 5.41) is 6.28. The number of rotatable bonds is 4. The molecule has 17 heavy (non-hydrogen) atoms. The van der Waals surface area contributed by atoms with Gasteiger partial charge in [-0.15, -0.1) is 0 Å². The van der Waals surface area contributed by atoms with Crippen molar-refractivity contribution in [3.63, 3.8) is 0 Å². The molecule has 1 aromatic carbocycles. The maximum Gasteiger partial charge on any atom is 0.242 e. The first-order valence-corrected chi connectivity index (χ1v) is 6.21. The van der Waals surface area contributed by atoms with E-state index in [4.69, 9.17) is 0 Å². The average Bonchev–Trinajstić information content (AvgIpc) is 3.08. The van der Waals surface area contributed by atoms with Crippen LogP contribution in [-0.4, -0.2) is 18.0 Å². The van der Waals surface area contributed by atoms with E-state index in [2.05, 4.69) is 30.5 Å². The third kappa shape index (κ3) is 2.99. The smallest absolute Gasteiger partial charge is 0.242 e. The number of hydrogen-bond acceptors (Lipinski definition) is 2. The van der Waals surface area contributed by atoms with Crippen molar-refractivity contribution in [3.05, 3.63) is 29.3 Å². The largest absolute Gasteiger partial charge is 0.374 e. The summed E-state index contributed by atoms with van der Waals surface area (Å²) >= 11 is 0. The Balaban J connectivity index is 1.99. The SMILES string of the molecule is Cc1cccc(N[C@@H](C)C(=O)NC2CC2)c1C. The molecule has 0 heterocycles. The predicted octanol–water partition coefficient (Wildman–Crippen LogP) is 2.38. The van der Waals surface area contributed by atoms with Gasteiger partial charge >= 0.3 is 0 Å². The fourth-order valence-corrected chi connectivity index (χ4v) is 1.76. The van der Waals surface area contributed by atoms with Gasteiger partial charge in [0.25, 0.3) is 0 Å². The lowest BCUT2D eigenvalue weighted by Gasteiger charge is -2.17. The maximum absolute atomic E-state index is 11.8. The molecule has 1 saturated carbocycles. The fraction of sp³-hybridized carbons (Fsp3) is 0.500. The summed E-state index contributed by atoms with van der Waals surface area (Å²) in [4.78, 5) is 11.8. The van der Waals surface area contributed by atoms with Crippen molar-refractivity contribution in [2.24, 2.45) is 0 Å². The topological polar surface area (TPSA) is 41.1 Å². The van der Waals surface area contributed by atoms with Gasteiger partial charge in [-0.05, 0) is 50.8 Å². The molecule has 0 spiro atoms. The van der Waals surface area contributed by atoms with Gasteiger partial charge in [-0.25, -0.2) is 0 Å². The minimum Gasteiger partial charge on any atom is -0.374 e. The molecule has 0 radical (unpaired) electrons. The molecule has 1 fully saturated rings. The third-order valence-electron chi connectivity index (χ3n) is 3.29. The van der Waals surface area contributed by atoms with Crippen LogP contribution in [0.25, 0.3) is 0 Å². The molecule has 1 atom stereocenters. The zero-order chi connectivity index (χ0) is 12.4. The Kier molecular flexibility index (Phi) is 3.36. The van der Waals surface area contributed by atoms with Crippen LogP contribution in [0.15, 0.2) is 18.2 Å². The molecule has 92 valence electrons. The molecule has 0 saturated heterocycles. The number of amides is 1. The summed E-state index contributed by atoms with van der Waals surface area (Å²) in [7, 11) is 0. The van der Waals surface area contributed by atoms with E-state index in [0.29, 0.717) is 6.04 Å². The highest BCUT2D eigenvalue weighted by molar-refractivity contribution is 5.85. The quantitative estimate of drug-likeness (QED) is 0.837. The fourth-order valence-electron chi connectivity index (χ4n) is 1.76. The lowest BCUT2D eigenvalue weighted by molar-refractivity contribution is -0.121. The summed E-state index contributed by atoms with van der Waals surface area (Å²) in [6.07, 6.45) is 2.25. The van der Waals surface area contributed by atoms with Crippen LogP contribution in [0.2, 0.25) is 0 Å². The molecule has 0 unspecified atom stereocenters. The first kappa shape index (κ1) is 12.0. The van der Waals surface area contributed by atoms with Gasteiger partial charge in [0.15, 0.2) is 0 Å². The number of nitrogens with one attached hydrogen (secondary N) is 2. The summed E-state index contributed by atoms with van der Waals surface area (Å²) in [6, 6.07) is 6.34. The number of anilines is 1. The Labute approximate surface area is 103 Å². The van der Waals surface area contributed by atoms with E-state index in [9.17, 15) is 4.79 Å². The summed E-state index contributed by atoms with van der Waals surface area (Å²) in [6.45, 7) is 6.05. The van der Waals surface area contributed by atoms with Crippen molar-refractivity contribution in [3.8, 4) is 0 Å². The molecular formula is C14H20N2O. The van der Waals surface area contributed by atoms with Crippen LogP contribution < -0.4 is 10.6 Å². The lowest BCUT2D eigenvalue weighted by atomic mass is 10.1. The van der Waals surface area contributed by atoms with Crippen molar-refractivity contribution in [2.45, 2.75) is 45.7 Å². The van der Waals surface area contributed by atoms with Gasteiger partial charge < -0.3 is 10.6 Å². The van der Waals surface area contributed by atoms with Crippen molar-refractivity contribution < 1.29 is 4.79 Å². The van der Waals surface area contributed by atoms with Crippen LogP contribution >= 0.6 is 0 Å². The van der Waals surface area contributed by atoms with Gasteiger partial charge in [-0.1, -0.05) is 12.1 Å². The minimum absolute atomic E-state index is 0.0911. The summed E-state index contributed by atoms with van der Waals surface area (Å²) in [5.74, 6) is 0.0911. The lowest BCUT2D eigenvalue weighted by Crippen LogP contribution is -2.38. The van der Waals surface area contributed by atoms with Gasteiger partial charge in [0.2, 0.25) is 5.91 Å². The Bertz CT molecular complexity index is 424. The van der Waals surface area contributed by atoms with Crippen LogP contribution in [0.3, 0.4) is 0 Å². The molecule has 3 heteroatoms. The molecule has 2 N–H and O–H groups in total. The van der Waals surface area contributed by atoms with Crippen LogP contribution in [-0.2, 0) is 4.79 Å². The second kappa shape index (κ2) is 4.78. The van der Waals surface area contributed by atoms with Gasteiger partial charge in [0.1, 0.15) is 6.04 Å². The minimum atomic E-state index is -0.184. The standard InChI is InChI=1S/C14H20N2O/c1-9-5-4-6-13(10(9)2)15-11(3)14(17)16-12-7-8-12/h4-6,11-12,15H,7-8H2,1-3H3,(H,16,17)/t11-/m0/s1. The van der Waals surface area contributed by atoms with Crippen molar-refractivity contribution in [2.75, 3.05) is 5.32 Å². The maximum atomic E-state index is 11.8. The van der Waals surface area contributed by atoms with E-state index < -0.39 is 0 Å². The van der Waals surface area contributed by atoms with E-state index in [-0.39, 0.29) is 11.9 Å². The van der Waals surface area contributed by atoms with Crippen molar-refractivity contribution >= 4 is 11.6 Å². The number of hydrogen-bond donors (Lipinski definition) is 2. The van der Waals surface area contributed by atoms with E-state index >= 15 is 0 Å². The van der Waals surface area contributed by atoms with E-state index in [1.165, 1.54) is 11.1 Å². The number of aryl methyl sites for hydroxylation is 1. The Morgan fingerprint density at radius 2 is 2.06 bits per heavy atom. The Morgan fingerprint density at radius 1 is 1.35 bits per heavy atom. The highest BCUT2D eigenvalue weighted by Crippen LogP contribution is 2.20. The van der Waals surface area contributed by atoms with Crippen molar-refractivity contribution in [1.82, 2.24) is 5.32 Å².